The molecule has 1 atom stereocenters. The Morgan fingerprint density at radius 1 is 0.938 bits per heavy atom. The Balaban J connectivity index is 1.64. The summed E-state index contributed by atoms with van der Waals surface area (Å²) in [6.45, 7) is 0. The summed E-state index contributed by atoms with van der Waals surface area (Å²) in [5.74, 6) is -1.24. The Kier molecular flexibility index (Phi) is 6.04. The van der Waals surface area contributed by atoms with Crippen molar-refractivity contribution in [2.75, 3.05) is 5.32 Å². The van der Waals surface area contributed by atoms with Gasteiger partial charge in [0.15, 0.2) is 5.71 Å². The molecule has 0 spiro atoms. The summed E-state index contributed by atoms with van der Waals surface area (Å²) in [5.41, 5.74) is 3.79. The molecule has 0 saturated heterocycles. The third-order valence-electron chi connectivity index (χ3n) is 4.72. The smallest absolute Gasteiger partial charge is 0.276 e. The fourth-order valence-corrected chi connectivity index (χ4v) is 4.47. The maximum atomic E-state index is 13.0. The third kappa shape index (κ3) is 4.54. The van der Waals surface area contributed by atoms with E-state index in [1.54, 1.807) is 54.6 Å². The number of hydrogen-bond donors (Lipinski definition) is 3. The van der Waals surface area contributed by atoms with Gasteiger partial charge in [0, 0.05) is 10.6 Å². The van der Waals surface area contributed by atoms with Crippen molar-refractivity contribution in [3.8, 4) is 0 Å². The molecule has 0 aromatic heterocycles. The first-order valence-corrected chi connectivity index (χ1v) is 11.3. The zero-order valence-corrected chi connectivity index (χ0v) is 18.0. The van der Waals surface area contributed by atoms with E-state index in [-0.39, 0.29) is 10.6 Å². The van der Waals surface area contributed by atoms with Crippen molar-refractivity contribution in [3.05, 3.63) is 95.0 Å². The molecule has 4 rings (SSSR count). The Hall–Kier alpha value is -3.53. The van der Waals surface area contributed by atoms with Crippen LogP contribution in [0.2, 0.25) is 5.02 Å². The third-order valence-corrected chi connectivity index (χ3v) is 6.41. The van der Waals surface area contributed by atoms with Gasteiger partial charge in [-0.05, 0) is 35.9 Å². The number of carbonyl (C=O) groups excluding carboxylic acids is 2. The van der Waals surface area contributed by atoms with Crippen LogP contribution >= 0.6 is 11.6 Å². The number of anilines is 1. The molecule has 1 heterocycles. The first kappa shape index (κ1) is 21.7. The van der Waals surface area contributed by atoms with Crippen molar-refractivity contribution < 1.29 is 18.0 Å². The average molecular weight is 469 g/mol. The second kappa shape index (κ2) is 8.91. The van der Waals surface area contributed by atoms with E-state index in [1.165, 1.54) is 24.3 Å². The van der Waals surface area contributed by atoms with Crippen LogP contribution in [0.4, 0.5) is 5.69 Å². The normalized spacial score (nSPS) is 15.2. The van der Waals surface area contributed by atoms with Crippen LogP contribution in [0.1, 0.15) is 17.2 Å². The summed E-state index contributed by atoms with van der Waals surface area (Å²) >= 11 is 5.93. The van der Waals surface area contributed by atoms with E-state index in [4.69, 9.17) is 11.6 Å². The van der Waals surface area contributed by atoms with Gasteiger partial charge >= 0.3 is 0 Å². The Bertz CT molecular complexity index is 1310. The molecular formula is C22H17ClN4O4S. The predicted molar refractivity (Wildman–Crippen MR) is 121 cm³/mol. The van der Waals surface area contributed by atoms with Crippen molar-refractivity contribution in [1.82, 2.24) is 10.1 Å². The van der Waals surface area contributed by atoms with Gasteiger partial charge in [-0.15, -0.1) is 0 Å². The number of nitrogens with one attached hydrogen (secondary N) is 3. The molecule has 2 amide bonds. The molecule has 32 heavy (non-hydrogen) atoms. The lowest BCUT2D eigenvalue weighted by Gasteiger charge is -2.18. The van der Waals surface area contributed by atoms with E-state index in [1.807, 2.05) is 0 Å². The lowest BCUT2D eigenvalue weighted by molar-refractivity contribution is -0.122. The highest BCUT2D eigenvalue weighted by Gasteiger charge is 2.29. The van der Waals surface area contributed by atoms with Gasteiger partial charge in [-0.1, -0.05) is 60.1 Å². The first-order chi connectivity index (χ1) is 15.3. The van der Waals surface area contributed by atoms with E-state index in [9.17, 15) is 18.0 Å². The van der Waals surface area contributed by atoms with Crippen LogP contribution in [0.25, 0.3) is 0 Å². The Morgan fingerprint density at radius 2 is 1.59 bits per heavy atom. The summed E-state index contributed by atoms with van der Waals surface area (Å²) in [4.78, 5) is 25.2. The van der Waals surface area contributed by atoms with Gasteiger partial charge in [0.05, 0.1) is 10.6 Å². The Morgan fingerprint density at radius 3 is 2.31 bits per heavy atom. The quantitative estimate of drug-likeness (QED) is 0.482. The van der Waals surface area contributed by atoms with E-state index >= 15 is 0 Å². The molecule has 8 nitrogen and oxygen atoms in total. The number of fused-ring (bicyclic) bond motifs is 1. The van der Waals surface area contributed by atoms with Crippen LogP contribution in [-0.4, -0.2) is 25.9 Å². The predicted octanol–water partition coefficient (Wildman–Crippen LogP) is 2.83. The van der Waals surface area contributed by atoms with Crippen molar-refractivity contribution in [2.45, 2.75) is 10.9 Å². The summed E-state index contributed by atoms with van der Waals surface area (Å²) in [6.07, 6.45) is 0. The van der Waals surface area contributed by atoms with Crippen LogP contribution in [0.5, 0.6) is 0 Å². The summed E-state index contributed by atoms with van der Waals surface area (Å²) in [7, 11) is -4.03. The number of para-hydroxylation sites is 1. The van der Waals surface area contributed by atoms with Crippen molar-refractivity contribution >= 4 is 44.8 Å². The largest absolute Gasteiger partial charge is 0.320 e. The van der Waals surface area contributed by atoms with Crippen LogP contribution in [-0.2, 0) is 19.6 Å². The van der Waals surface area contributed by atoms with E-state index in [0.29, 0.717) is 21.8 Å². The zero-order valence-electron chi connectivity index (χ0n) is 16.4. The van der Waals surface area contributed by atoms with Gasteiger partial charge < -0.3 is 5.32 Å². The molecule has 0 radical (unpaired) electrons. The van der Waals surface area contributed by atoms with E-state index in [0.717, 1.165) is 0 Å². The number of halogens is 1. The summed E-state index contributed by atoms with van der Waals surface area (Å²) in [5, 5.41) is 7.04. The Labute approximate surface area is 189 Å². The van der Waals surface area contributed by atoms with Gasteiger partial charge in [-0.2, -0.15) is 9.82 Å². The highest BCUT2D eigenvalue weighted by atomic mass is 35.5. The number of nitrogens with zero attached hydrogens (tertiary/aromatic N) is 1. The topological polar surface area (TPSA) is 117 Å². The number of rotatable bonds is 6. The summed E-state index contributed by atoms with van der Waals surface area (Å²) < 4.78 is 28.1. The zero-order chi connectivity index (χ0) is 22.7. The minimum atomic E-state index is -4.03. The molecule has 162 valence electrons. The van der Waals surface area contributed by atoms with Gasteiger partial charge in [-0.3, -0.25) is 9.59 Å². The molecule has 1 aliphatic heterocycles. The fourth-order valence-electron chi connectivity index (χ4n) is 3.14. The first-order valence-electron chi connectivity index (χ1n) is 9.46. The van der Waals surface area contributed by atoms with Crippen LogP contribution in [0.3, 0.4) is 0 Å². The van der Waals surface area contributed by atoms with Gasteiger partial charge in [0.2, 0.25) is 10.0 Å². The number of hydrazone groups is 1. The molecule has 0 fully saturated rings. The van der Waals surface area contributed by atoms with Crippen molar-refractivity contribution in [2.24, 2.45) is 5.10 Å². The molecule has 10 heteroatoms. The number of amides is 2. The lowest BCUT2D eigenvalue weighted by atomic mass is 10.1. The molecule has 0 bridgehead atoms. The highest BCUT2D eigenvalue weighted by Crippen LogP contribution is 2.23. The molecule has 1 aliphatic rings. The second-order valence-electron chi connectivity index (χ2n) is 6.86. The van der Waals surface area contributed by atoms with Crippen LogP contribution in [0.15, 0.2) is 88.9 Å². The monoisotopic (exact) mass is 468 g/mol. The molecule has 3 aromatic carbocycles. The number of benzene rings is 3. The minimum absolute atomic E-state index is 0.00201. The van der Waals surface area contributed by atoms with E-state index < -0.39 is 27.9 Å². The minimum Gasteiger partial charge on any atom is -0.320 e. The molecule has 3 aromatic rings. The molecule has 1 unspecified atom stereocenters. The van der Waals surface area contributed by atoms with Crippen LogP contribution < -0.4 is 15.5 Å². The van der Waals surface area contributed by atoms with Gasteiger partial charge in [0.25, 0.3) is 11.8 Å². The molecule has 3 N–H and O–H groups in total. The van der Waals surface area contributed by atoms with Crippen molar-refractivity contribution in [1.29, 1.82) is 0 Å². The maximum absolute atomic E-state index is 13.0. The van der Waals surface area contributed by atoms with Crippen molar-refractivity contribution in [3.63, 3.8) is 0 Å². The SMILES string of the molecule is O=C1Nc2ccccc2C1=NNC(=O)C(NS(=O)(=O)c1ccccc1)c1ccc(Cl)cc1. The lowest BCUT2D eigenvalue weighted by Crippen LogP contribution is -2.39. The molecule has 0 saturated carbocycles. The number of sulfonamides is 1. The van der Waals surface area contributed by atoms with Gasteiger partial charge in [-0.25, -0.2) is 13.8 Å². The second-order valence-corrected chi connectivity index (χ2v) is 9.01. The van der Waals surface area contributed by atoms with Gasteiger partial charge in [0.1, 0.15) is 6.04 Å². The van der Waals surface area contributed by atoms with Crippen LogP contribution in [0, 0.1) is 0 Å². The molecule has 0 aliphatic carbocycles. The number of hydrogen-bond acceptors (Lipinski definition) is 5. The standard InChI is InChI=1S/C22H17ClN4O4S/c23-15-12-10-14(11-13-15)19(27-32(30,31)16-6-2-1-3-7-16)22(29)26-25-20-17-8-4-5-9-18(17)24-21(20)28/h1-13,19,27H,(H,26,29)(H,24,25,28). The maximum Gasteiger partial charge on any atom is 0.276 e. The highest BCUT2D eigenvalue weighted by molar-refractivity contribution is 7.89. The average Bonchev–Trinajstić information content (AvgIpc) is 3.12. The molecular weight excluding hydrogens is 452 g/mol. The van der Waals surface area contributed by atoms with E-state index in [2.05, 4.69) is 20.6 Å². The summed E-state index contributed by atoms with van der Waals surface area (Å²) in [6, 6.07) is 19.4. The number of carbonyl (C=O) groups is 2. The fraction of sp³-hybridized carbons (Fsp3) is 0.0455.